The van der Waals surface area contributed by atoms with Gasteiger partial charge in [-0.3, -0.25) is 4.79 Å². The summed E-state index contributed by atoms with van der Waals surface area (Å²) in [7, 11) is 0. The van der Waals surface area contributed by atoms with Gasteiger partial charge in [-0.15, -0.1) is 5.10 Å². The van der Waals surface area contributed by atoms with Crippen LogP contribution >= 0.6 is 0 Å². The molecule has 0 saturated carbocycles. The maximum absolute atomic E-state index is 12.2. The molecule has 1 aliphatic rings. The van der Waals surface area contributed by atoms with Crippen molar-refractivity contribution in [3.05, 3.63) is 30.0 Å². The number of aromatic nitrogens is 2. The van der Waals surface area contributed by atoms with Gasteiger partial charge in [0.25, 0.3) is 0 Å². The Morgan fingerprint density at radius 2 is 1.82 bits per heavy atom. The molecule has 2 heterocycles. The van der Waals surface area contributed by atoms with Crippen LogP contribution in [0.15, 0.2) is 24.3 Å². The van der Waals surface area contributed by atoms with Gasteiger partial charge in [-0.25, -0.2) is 0 Å². The van der Waals surface area contributed by atoms with Crippen LogP contribution < -0.4 is 10.2 Å². The van der Waals surface area contributed by atoms with Crippen molar-refractivity contribution in [3.63, 3.8) is 0 Å². The van der Waals surface area contributed by atoms with Crippen LogP contribution in [0.2, 0.25) is 0 Å². The summed E-state index contributed by atoms with van der Waals surface area (Å²) in [6.07, 6.45) is 0. The highest BCUT2D eigenvalue weighted by atomic mass is 16.2. The molecule has 5 heteroatoms. The van der Waals surface area contributed by atoms with Crippen LogP contribution in [0.3, 0.4) is 0 Å². The molecule has 0 radical (unpaired) electrons. The van der Waals surface area contributed by atoms with Gasteiger partial charge in [-0.05, 0) is 27.7 Å². The highest BCUT2D eigenvalue weighted by molar-refractivity contribution is 5.94. The number of rotatable bonds is 2. The summed E-state index contributed by atoms with van der Waals surface area (Å²) in [4.78, 5) is 14.3. The Morgan fingerprint density at radius 3 is 2.45 bits per heavy atom. The van der Waals surface area contributed by atoms with Crippen molar-refractivity contribution in [2.45, 2.75) is 33.2 Å². The lowest BCUT2D eigenvalue weighted by Gasteiger charge is -2.40. The number of carbonyl (C=O) groups is 1. The highest BCUT2D eigenvalue weighted by Gasteiger charge is 2.35. The molecule has 1 amide bonds. The lowest BCUT2D eigenvalue weighted by molar-refractivity contribution is -0.127. The van der Waals surface area contributed by atoms with Crippen LogP contribution in [0.25, 0.3) is 10.8 Å². The minimum Gasteiger partial charge on any atom is -0.353 e. The van der Waals surface area contributed by atoms with Crippen LogP contribution in [0.1, 0.15) is 26.5 Å². The Kier molecular flexibility index (Phi) is 3.51. The van der Waals surface area contributed by atoms with Crippen molar-refractivity contribution < 1.29 is 4.79 Å². The monoisotopic (exact) mass is 298 g/mol. The van der Waals surface area contributed by atoms with Gasteiger partial charge in [0.15, 0.2) is 5.82 Å². The molecule has 1 aromatic carbocycles. The predicted octanol–water partition coefficient (Wildman–Crippen LogP) is 2.29. The second-order valence-electron chi connectivity index (χ2n) is 7.00. The fourth-order valence-corrected chi connectivity index (χ4v) is 2.75. The Balaban J connectivity index is 1.76. The van der Waals surface area contributed by atoms with Gasteiger partial charge in [0.2, 0.25) is 5.91 Å². The summed E-state index contributed by atoms with van der Waals surface area (Å²) in [5.41, 5.74) is 0.746. The number of nitrogens with one attached hydrogen (secondary N) is 1. The number of carbonyl (C=O) groups excluding carboxylic acids is 1. The van der Waals surface area contributed by atoms with Gasteiger partial charge in [-0.1, -0.05) is 24.3 Å². The predicted molar refractivity (Wildman–Crippen MR) is 87.9 cm³/mol. The average Bonchev–Trinajstić information content (AvgIpc) is 2.38. The van der Waals surface area contributed by atoms with E-state index in [0.717, 1.165) is 22.3 Å². The van der Waals surface area contributed by atoms with Crippen LogP contribution in [0, 0.1) is 12.8 Å². The molecule has 1 fully saturated rings. The molecule has 0 atom stereocenters. The number of benzene rings is 1. The summed E-state index contributed by atoms with van der Waals surface area (Å²) >= 11 is 0. The first kappa shape index (κ1) is 14.8. The molecule has 1 N–H and O–H groups in total. The van der Waals surface area contributed by atoms with E-state index in [4.69, 9.17) is 0 Å². The average molecular weight is 298 g/mol. The molecule has 0 bridgehead atoms. The van der Waals surface area contributed by atoms with E-state index in [0.29, 0.717) is 13.1 Å². The Labute approximate surface area is 130 Å². The number of fused-ring (bicyclic) bond motifs is 1. The molecule has 1 aliphatic heterocycles. The smallest absolute Gasteiger partial charge is 0.227 e. The number of hydrogen-bond acceptors (Lipinski definition) is 4. The van der Waals surface area contributed by atoms with E-state index in [1.54, 1.807) is 0 Å². The minimum atomic E-state index is -0.187. The first-order chi connectivity index (χ1) is 10.3. The summed E-state index contributed by atoms with van der Waals surface area (Å²) in [5, 5.41) is 13.8. The lowest BCUT2D eigenvalue weighted by Crippen LogP contribution is -2.56. The van der Waals surface area contributed by atoms with E-state index in [2.05, 4.69) is 32.5 Å². The third-order valence-electron chi connectivity index (χ3n) is 3.90. The van der Waals surface area contributed by atoms with Gasteiger partial charge in [0, 0.05) is 29.4 Å². The van der Waals surface area contributed by atoms with Crippen molar-refractivity contribution >= 4 is 22.5 Å². The molecule has 5 nitrogen and oxygen atoms in total. The van der Waals surface area contributed by atoms with Crippen molar-refractivity contribution in [1.29, 1.82) is 0 Å². The fourth-order valence-electron chi connectivity index (χ4n) is 2.75. The zero-order valence-electron chi connectivity index (χ0n) is 13.6. The Bertz CT molecular complexity index is 714. The number of amides is 1. The molecule has 1 aromatic heterocycles. The van der Waals surface area contributed by atoms with E-state index in [-0.39, 0.29) is 17.4 Å². The van der Waals surface area contributed by atoms with E-state index in [1.807, 2.05) is 39.8 Å². The Morgan fingerprint density at radius 1 is 1.18 bits per heavy atom. The molecule has 0 aliphatic carbocycles. The third-order valence-corrected chi connectivity index (χ3v) is 3.90. The number of nitrogens with zero attached hydrogens (tertiary/aromatic N) is 3. The summed E-state index contributed by atoms with van der Waals surface area (Å²) in [6, 6.07) is 8.15. The highest BCUT2D eigenvalue weighted by Crippen LogP contribution is 2.30. The summed E-state index contributed by atoms with van der Waals surface area (Å²) < 4.78 is 0. The number of hydrogen-bond donors (Lipinski definition) is 1. The maximum Gasteiger partial charge on any atom is 0.227 e. The Hall–Kier alpha value is -2.17. The molecule has 0 spiro atoms. The number of aryl methyl sites for hydroxylation is 1. The van der Waals surface area contributed by atoms with Crippen LogP contribution in [0.4, 0.5) is 5.82 Å². The molecular formula is C17H22N4O. The van der Waals surface area contributed by atoms with Crippen LogP contribution in [-0.4, -0.2) is 34.7 Å². The molecule has 3 rings (SSSR count). The standard InChI is InChI=1S/C17H22N4O/c1-11-13-7-5-6-8-14(13)15(20-19-11)21-9-12(10-21)16(22)18-17(2,3)4/h5-8,12H,9-10H2,1-4H3,(H,18,22). The van der Waals surface area contributed by atoms with Crippen molar-refractivity contribution in [2.24, 2.45) is 5.92 Å². The molecular weight excluding hydrogens is 276 g/mol. The van der Waals surface area contributed by atoms with Crippen molar-refractivity contribution in [1.82, 2.24) is 15.5 Å². The van der Waals surface area contributed by atoms with Gasteiger partial charge >= 0.3 is 0 Å². The summed E-state index contributed by atoms with van der Waals surface area (Å²) in [6.45, 7) is 9.36. The molecule has 1 saturated heterocycles. The van der Waals surface area contributed by atoms with Gasteiger partial charge in [-0.2, -0.15) is 5.10 Å². The maximum atomic E-state index is 12.2. The third kappa shape index (κ3) is 2.75. The molecule has 2 aromatic rings. The van der Waals surface area contributed by atoms with E-state index < -0.39 is 0 Å². The van der Waals surface area contributed by atoms with E-state index in [1.165, 1.54) is 0 Å². The van der Waals surface area contributed by atoms with Gasteiger partial charge < -0.3 is 10.2 Å². The van der Waals surface area contributed by atoms with Crippen LogP contribution in [-0.2, 0) is 4.79 Å². The second kappa shape index (κ2) is 5.23. The number of anilines is 1. The molecule has 116 valence electrons. The second-order valence-corrected chi connectivity index (χ2v) is 7.00. The quantitative estimate of drug-likeness (QED) is 0.924. The van der Waals surface area contributed by atoms with E-state index in [9.17, 15) is 4.79 Å². The van der Waals surface area contributed by atoms with Crippen molar-refractivity contribution in [3.8, 4) is 0 Å². The zero-order chi connectivity index (χ0) is 15.9. The molecule has 0 unspecified atom stereocenters. The topological polar surface area (TPSA) is 58.1 Å². The SMILES string of the molecule is Cc1nnc(N2CC(C(=O)NC(C)(C)C)C2)c2ccccc12. The fraction of sp³-hybridized carbons (Fsp3) is 0.471. The minimum absolute atomic E-state index is 0.0288. The first-order valence-corrected chi connectivity index (χ1v) is 7.64. The van der Waals surface area contributed by atoms with Crippen molar-refractivity contribution in [2.75, 3.05) is 18.0 Å². The lowest BCUT2D eigenvalue weighted by atomic mass is 9.96. The largest absolute Gasteiger partial charge is 0.353 e. The molecule has 22 heavy (non-hydrogen) atoms. The van der Waals surface area contributed by atoms with Crippen LogP contribution in [0.5, 0.6) is 0 Å². The van der Waals surface area contributed by atoms with Gasteiger partial charge in [0.1, 0.15) is 0 Å². The zero-order valence-corrected chi connectivity index (χ0v) is 13.6. The summed E-state index contributed by atoms with van der Waals surface area (Å²) in [5.74, 6) is 1.02. The van der Waals surface area contributed by atoms with Gasteiger partial charge in [0.05, 0.1) is 11.6 Å². The first-order valence-electron chi connectivity index (χ1n) is 7.64. The normalized spacial score (nSPS) is 15.7. The van der Waals surface area contributed by atoms with E-state index >= 15 is 0 Å².